The average molecular weight is 417 g/mol. The summed E-state index contributed by atoms with van der Waals surface area (Å²) in [7, 11) is 1.27. The van der Waals surface area contributed by atoms with E-state index in [9.17, 15) is 14.4 Å². The molecule has 0 aliphatic carbocycles. The largest absolute Gasteiger partial charge is 0.465 e. The van der Waals surface area contributed by atoms with Gasteiger partial charge in [-0.25, -0.2) is 9.59 Å². The van der Waals surface area contributed by atoms with E-state index in [0.717, 1.165) is 5.69 Å². The minimum Gasteiger partial charge on any atom is -0.465 e. The van der Waals surface area contributed by atoms with Gasteiger partial charge in [0.15, 0.2) is 6.61 Å². The van der Waals surface area contributed by atoms with Gasteiger partial charge in [0.1, 0.15) is 0 Å². The Balaban J connectivity index is 1.48. The highest BCUT2D eigenvalue weighted by Crippen LogP contribution is 2.20. The summed E-state index contributed by atoms with van der Waals surface area (Å²) in [5.41, 5.74) is 2.42. The van der Waals surface area contributed by atoms with Crippen molar-refractivity contribution in [2.24, 2.45) is 10.2 Å². The third kappa shape index (κ3) is 6.33. The van der Waals surface area contributed by atoms with E-state index in [2.05, 4.69) is 20.3 Å². The van der Waals surface area contributed by atoms with Gasteiger partial charge in [-0.15, -0.1) is 0 Å². The van der Waals surface area contributed by atoms with E-state index < -0.39 is 24.5 Å². The smallest absolute Gasteiger partial charge is 0.338 e. The van der Waals surface area contributed by atoms with Crippen LogP contribution in [-0.2, 0) is 14.3 Å². The number of methoxy groups -OCH3 is 1. The van der Waals surface area contributed by atoms with Crippen molar-refractivity contribution in [2.75, 3.05) is 19.0 Å². The molecule has 156 valence electrons. The molecule has 8 nitrogen and oxygen atoms in total. The van der Waals surface area contributed by atoms with Gasteiger partial charge in [-0.3, -0.25) is 4.79 Å². The summed E-state index contributed by atoms with van der Waals surface area (Å²) in [6, 6.07) is 21.8. The van der Waals surface area contributed by atoms with Crippen LogP contribution in [0.3, 0.4) is 0 Å². The second-order valence-electron chi connectivity index (χ2n) is 6.28. The summed E-state index contributed by atoms with van der Waals surface area (Å²) in [5, 5.41) is 10.9. The van der Waals surface area contributed by atoms with E-state index in [4.69, 9.17) is 4.74 Å². The quantitative estimate of drug-likeness (QED) is 0.444. The molecule has 0 bridgehead atoms. The Hall–Kier alpha value is -4.33. The second kappa shape index (κ2) is 10.4. The molecule has 0 radical (unpaired) electrons. The highest BCUT2D eigenvalue weighted by atomic mass is 16.5. The van der Waals surface area contributed by atoms with Gasteiger partial charge in [-0.1, -0.05) is 18.2 Å². The van der Waals surface area contributed by atoms with Crippen LogP contribution in [0.4, 0.5) is 17.1 Å². The van der Waals surface area contributed by atoms with E-state index in [1.54, 1.807) is 24.3 Å². The Morgan fingerprint density at radius 1 is 0.742 bits per heavy atom. The molecule has 8 heteroatoms. The molecule has 0 spiro atoms. The van der Waals surface area contributed by atoms with Gasteiger partial charge in [0, 0.05) is 5.69 Å². The summed E-state index contributed by atoms with van der Waals surface area (Å²) in [6.07, 6.45) is 0. The summed E-state index contributed by atoms with van der Waals surface area (Å²) >= 11 is 0. The summed E-state index contributed by atoms with van der Waals surface area (Å²) in [5.74, 6) is -1.67. The van der Waals surface area contributed by atoms with Crippen LogP contribution in [0.1, 0.15) is 20.7 Å². The fourth-order valence-corrected chi connectivity index (χ4v) is 2.49. The lowest BCUT2D eigenvalue weighted by Gasteiger charge is -2.07. The summed E-state index contributed by atoms with van der Waals surface area (Å²) in [6.45, 7) is -0.451. The predicted octanol–water partition coefficient (Wildman–Crippen LogP) is 4.68. The Bertz CT molecular complexity index is 1080. The van der Waals surface area contributed by atoms with Gasteiger partial charge in [-0.2, -0.15) is 10.2 Å². The number of hydrogen-bond donors (Lipinski definition) is 1. The second-order valence-corrected chi connectivity index (χ2v) is 6.28. The van der Waals surface area contributed by atoms with Crippen LogP contribution >= 0.6 is 0 Å². The Morgan fingerprint density at radius 2 is 1.29 bits per heavy atom. The minimum absolute atomic E-state index is 0.216. The van der Waals surface area contributed by atoms with Crippen molar-refractivity contribution in [3.8, 4) is 0 Å². The van der Waals surface area contributed by atoms with Crippen LogP contribution in [0.5, 0.6) is 0 Å². The molecular formula is C23H19N3O5. The maximum atomic E-state index is 12.0. The van der Waals surface area contributed by atoms with Crippen LogP contribution in [0.15, 0.2) is 89.1 Å². The lowest BCUT2D eigenvalue weighted by Crippen LogP contribution is -2.20. The molecule has 0 saturated carbocycles. The van der Waals surface area contributed by atoms with Gasteiger partial charge in [0.2, 0.25) is 0 Å². The first-order valence-electron chi connectivity index (χ1n) is 9.27. The molecule has 1 amide bonds. The molecule has 3 aromatic rings. The lowest BCUT2D eigenvalue weighted by molar-refractivity contribution is -0.119. The highest BCUT2D eigenvalue weighted by molar-refractivity contribution is 5.96. The van der Waals surface area contributed by atoms with E-state index in [1.807, 2.05) is 30.3 Å². The van der Waals surface area contributed by atoms with Crippen LogP contribution < -0.4 is 5.32 Å². The van der Waals surface area contributed by atoms with Gasteiger partial charge in [0.05, 0.1) is 29.6 Å². The number of anilines is 1. The van der Waals surface area contributed by atoms with Crippen molar-refractivity contribution < 1.29 is 23.9 Å². The first kappa shape index (κ1) is 21.4. The van der Waals surface area contributed by atoms with Crippen LogP contribution in [0.2, 0.25) is 0 Å². The maximum Gasteiger partial charge on any atom is 0.338 e. The average Bonchev–Trinajstić information content (AvgIpc) is 2.82. The van der Waals surface area contributed by atoms with E-state index >= 15 is 0 Å². The molecule has 0 aliphatic heterocycles. The molecule has 0 unspecified atom stereocenters. The third-order valence-corrected chi connectivity index (χ3v) is 4.06. The number of azo groups is 1. The molecular weight excluding hydrogens is 398 g/mol. The van der Waals surface area contributed by atoms with E-state index in [-0.39, 0.29) is 5.56 Å². The number of nitrogens with zero attached hydrogens (tertiary/aromatic N) is 2. The minimum atomic E-state index is -0.678. The van der Waals surface area contributed by atoms with Crippen molar-refractivity contribution in [1.82, 2.24) is 0 Å². The topological polar surface area (TPSA) is 106 Å². The van der Waals surface area contributed by atoms with Crippen molar-refractivity contribution >= 4 is 34.9 Å². The zero-order valence-corrected chi connectivity index (χ0v) is 16.6. The fourth-order valence-electron chi connectivity index (χ4n) is 2.49. The maximum absolute atomic E-state index is 12.0. The van der Waals surface area contributed by atoms with Crippen LogP contribution in [0, 0.1) is 0 Å². The number of nitrogens with one attached hydrogen (secondary N) is 1. The third-order valence-electron chi connectivity index (χ3n) is 4.06. The number of benzene rings is 3. The first-order valence-corrected chi connectivity index (χ1v) is 9.27. The summed E-state index contributed by atoms with van der Waals surface area (Å²) in [4.78, 5) is 35.5. The zero-order valence-electron chi connectivity index (χ0n) is 16.6. The SMILES string of the molecule is COC(=O)c1ccc(C(=O)OCC(=O)Nc2ccc(N=Nc3ccccc3)cc2)cc1. The molecule has 31 heavy (non-hydrogen) atoms. The van der Waals surface area contributed by atoms with Crippen molar-refractivity contribution in [3.05, 3.63) is 90.0 Å². The Morgan fingerprint density at radius 3 is 1.87 bits per heavy atom. The lowest BCUT2D eigenvalue weighted by atomic mass is 10.1. The predicted molar refractivity (Wildman–Crippen MR) is 114 cm³/mol. The number of carbonyl (C=O) groups is 3. The Labute approximate surface area is 178 Å². The molecule has 0 aromatic heterocycles. The highest BCUT2D eigenvalue weighted by Gasteiger charge is 2.12. The van der Waals surface area contributed by atoms with Gasteiger partial charge in [0.25, 0.3) is 5.91 Å². The molecule has 0 aliphatic rings. The zero-order chi connectivity index (χ0) is 22.1. The van der Waals surface area contributed by atoms with Gasteiger partial charge in [-0.05, 0) is 60.7 Å². The number of hydrogen-bond acceptors (Lipinski definition) is 7. The molecule has 3 aromatic carbocycles. The fraction of sp³-hybridized carbons (Fsp3) is 0.0870. The number of ether oxygens (including phenoxy) is 2. The van der Waals surface area contributed by atoms with Crippen molar-refractivity contribution in [2.45, 2.75) is 0 Å². The number of esters is 2. The molecule has 1 N–H and O–H groups in total. The van der Waals surface area contributed by atoms with Gasteiger partial charge < -0.3 is 14.8 Å². The van der Waals surface area contributed by atoms with E-state index in [0.29, 0.717) is 16.9 Å². The first-order chi connectivity index (χ1) is 15.0. The molecule has 0 fully saturated rings. The summed E-state index contributed by atoms with van der Waals surface area (Å²) < 4.78 is 9.59. The van der Waals surface area contributed by atoms with Crippen molar-refractivity contribution in [1.29, 1.82) is 0 Å². The normalized spacial score (nSPS) is 10.5. The standard InChI is InChI=1S/C23H19N3O5/c1-30-22(28)16-7-9-17(10-8-16)23(29)31-15-21(27)24-18-11-13-20(14-12-18)26-25-19-5-3-2-4-6-19/h2-14H,15H2,1H3,(H,24,27). The monoisotopic (exact) mass is 417 g/mol. The van der Waals surface area contributed by atoms with Crippen molar-refractivity contribution in [3.63, 3.8) is 0 Å². The molecule has 0 heterocycles. The van der Waals surface area contributed by atoms with Crippen LogP contribution in [0.25, 0.3) is 0 Å². The van der Waals surface area contributed by atoms with Gasteiger partial charge >= 0.3 is 11.9 Å². The Kier molecular flexibility index (Phi) is 7.21. The number of amides is 1. The number of carbonyl (C=O) groups excluding carboxylic acids is 3. The molecule has 0 atom stereocenters. The van der Waals surface area contributed by atoms with Crippen LogP contribution in [-0.4, -0.2) is 31.6 Å². The molecule has 3 rings (SSSR count). The van der Waals surface area contributed by atoms with E-state index in [1.165, 1.54) is 31.4 Å². The molecule has 0 saturated heterocycles. The number of rotatable bonds is 7.